The Hall–Kier alpha value is -2.04. The number of carbonyl (C=O) groups excluding carboxylic acids is 1. The molecule has 2 rings (SSSR count). The summed E-state index contributed by atoms with van der Waals surface area (Å²) in [5, 5.41) is 14.0. The fraction of sp³-hybridized carbons (Fsp3) is 0.462. The molecular formula is C13H18N4O5S. The van der Waals surface area contributed by atoms with E-state index in [0.717, 1.165) is 6.07 Å². The number of nitrogens with one attached hydrogen (secondary N) is 2. The lowest BCUT2D eigenvalue weighted by Gasteiger charge is -2.27. The molecule has 0 radical (unpaired) electrons. The molecule has 126 valence electrons. The monoisotopic (exact) mass is 342 g/mol. The zero-order valence-corrected chi connectivity index (χ0v) is 13.2. The largest absolute Gasteiger partial charge is 0.340 e. The zero-order valence-electron chi connectivity index (χ0n) is 12.4. The average molecular weight is 342 g/mol. The lowest BCUT2D eigenvalue weighted by Crippen LogP contribution is -2.47. The van der Waals surface area contributed by atoms with Crippen molar-refractivity contribution in [3.8, 4) is 0 Å². The summed E-state index contributed by atoms with van der Waals surface area (Å²) < 4.78 is 26.6. The van der Waals surface area contributed by atoms with Crippen LogP contribution in [0.25, 0.3) is 0 Å². The molecule has 0 aromatic heterocycles. The molecule has 2 N–H and O–H groups in total. The van der Waals surface area contributed by atoms with Gasteiger partial charge in [0.25, 0.3) is 5.69 Å². The summed E-state index contributed by atoms with van der Waals surface area (Å²) in [6.45, 7) is 2.52. The lowest BCUT2D eigenvalue weighted by atomic mass is 10.3. The molecule has 0 atom stereocenters. The van der Waals surface area contributed by atoms with Crippen LogP contribution >= 0.6 is 0 Å². The number of hydrogen-bond donors (Lipinski definition) is 2. The van der Waals surface area contributed by atoms with Crippen molar-refractivity contribution in [1.29, 1.82) is 0 Å². The van der Waals surface area contributed by atoms with Crippen molar-refractivity contribution in [2.75, 3.05) is 32.7 Å². The maximum atomic E-state index is 12.2. The molecule has 1 fully saturated rings. The van der Waals surface area contributed by atoms with Gasteiger partial charge in [-0.25, -0.2) is 13.1 Å². The molecule has 1 saturated heterocycles. The van der Waals surface area contributed by atoms with Crippen LogP contribution in [0.15, 0.2) is 29.2 Å². The van der Waals surface area contributed by atoms with Gasteiger partial charge in [-0.15, -0.1) is 0 Å². The van der Waals surface area contributed by atoms with Gasteiger partial charge in [-0.1, -0.05) is 12.1 Å². The van der Waals surface area contributed by atoms with E-state index in [9.17, 15) is 23.3 Å². The first-order valence-electron chi connectivity index (χ1n) is 7.13. The molecule has 10 heteroatoms. The number of piperazine rings is 1. The Morgan fingerprint density at radius 2 is 1.96 bits per heavy atom. The minimum absolute atomic E-state index is 0.0138. The topological polar surface area (TPSA) is 122 Å². The van der Waals surface area contributed by atoms with Crippen molar-refractivity contribution in [1.82, 2.24) is 14.9 Å². The van der Waals surface area contributed by atoms with E-state index in [1.165, 1.54) is 18.2 Å². The number of benzene rings is 1. The minimum atomic E-state index is -4.04. The maximum Gasteiger partial charge on any atom is 0.289 e. The molecular weight excluding hydrogens is 324 g/mol. The van der Waals surface area contributed by atoms with E-state index >= 15 is 0 Å². The molecule has 0 aliphatic carbocycles. The van der Waals surface area contributed by atoms with E-state index in [4.69, 9.17) is 0 Å². The van der Waals surface area contributed by atoms with Gasteiger partial charge in [0.15, 0.2) is 4.90 Å². The van der Waals surface area contributed by atoms with Gasteiger partial charge in [-0.3, -0.25) is 14.9 Å². The van der Waals surface area contributed by atoms with Gasteiger partial charge in [0.2, 0.25) is 15.9 Å². The summed E-state index contributed by atoms with van der Waals surface area (Å²) in [4.78, 5) is 23.4. The third-order valence-corrected chi connectivity index (χ3v) is 4.96. The highest BCUT2D eigenvalue weighted by molar-refractivity contribution is 7.89. The minimum Gasteiger partial charge on any atom is -0.340 e. The third-order valence-electron chi connectivity index (χ3n) is 3.45. The van der Waals surface area contributed by atoms with Gasteiger partial charge in [0, 0.05) is 45.2 Å². The summed E-state index contributed by atoms with van der Waals surface area (Å²) >= 11 is 0. The van der Waals surface area contributed by atoms with Crippen molar-refractivity contribution in [2.24, 2.45) is 0 Å². The Kier molecular flexibility index (Phi) is 5.64. The Bertz CT molecular complexity index is 685. The van der Waals surface area contributed by atoms with Gasteiger partial charge < -0.3 is 10.2 Å². The molecule has 0 saturated carbocycles. The molecule has 23 heavy (non-hydrogen) atoms. The number of amides is 1. The van der Waals surface area contributed by atoms with Crippen LogP contribution in [0, 0.1) is 10.1 Å². The van der Waals surface area contributed by atoms with Crippen LogP contribution in [0.5, 0.6) is 0 Å². The van der Waals surface area contributed by atoms with Crippen LogP contribution in [0.4, 0.5) is 5.69 Å². The number of carbonyl (C=O) groups is 1. The molecule has 1 aromatic carbocycles. The van der Waals surface area contributed by atoms with Crippen LogP contribution in [0.1, 0.15) is 6.42 Å². The van der Waals surface area contributed by atoms with E-state index in [1.54, 1.807) is 4.90 Å². The molecule has 1 heterocycles. The van der Waals surface area contributed by atoms with Crippen molar-refractivity contribution in [3.05, 3.63) is 34.4 Å². The second-order valence-corrected chi connectivity index (χ2v) is 6.74. The van der Waals surface area contributed by atoms with Crippen LogP contribution in [0.3, 0.4) is 0 Å². The number of nitrogens with zero attached hydrogens (tertiary/aromatic N) is 2. The van der Waals surface area contributed by atoms with Gasteiger partial charge >= 0.3 is 0 Å². The SMILES string of the molecule is O=C(CCNS(=O)(=O)c1ccccc1[N+](=O)[O-])N1CCNCC1. The Morgan fingerprint density at radius 1 is 1.30 bits per heavy atom. The van der Waals surface area contributed by atoms with E-state index in [2.05, 4.69) is 10.0 Å². The van der Waals surface area contributed by atoms with Crippen molar-refractivity contribution < 1.29 is 18.1 Å². The first kappa shape index (κ1) is 17.3. The standard InChI is InChI=1S/C13H18N4O5S/c18-13(16-9-7-14-8-10-16)5-6-15-23(21,22)12-4-2-1-3-11(12)17(19)20/h1-4,14-15H,5-10H2. The molecule has 1 aliphatic rings. The maximum absolute atomic E-state index is 12.2. The quantitative estimate of drug-likeness (QED) is 0.540. The summed E-state index contributed by atoms with van der Waals surface area (Å²) in [5.74, 6) is -0.142. The number of nitro groups is 1. The number of nitro benzene ring substituents is 1. The second kappa shape index (κ2) is 7.49. The van der Waals surface area contributed by atoms with Crippen LogP contribution in [-0.2, 0) is 14.8 Å². The first-order chi connectivity index (χ1) is 10.9. The molecule has 0 bridgehead atoms. The van der Waals surface area contributed by atoms with E-state index in [1.807, 2.05) is 0 Å². The zero-order chi connectivity index (χ0) is 16.9. The van der Waals surface area contributed by atoms with Gasteiger partial charge in [0.1, 0.15) is 0 Å². The van der Waals surface area contributed by atoms with E-state index in [-0.39, 0.29) is 18.9 Å². The lowest BCUT2D eigenvalue weighted by molar-refractivity contribution is -0.387. The van der Waals surface area contributed by atoms with E-state index in [0.29, 0.717) is 26.2 Å². The summed E-state index contributed by atoms with van der Waals surface area (Å²) in [6.07, 6.45) is 0.0138. The van der Waals surface area contributed by atoms with Crippen LogP contribution in [0.2, 0.25) is 0 Å². The fourth-order valence-electron chi connectivity index (χ4n) is 2.28. The first-order valence-corrected chi connectivity index (χ1v) is 8.62. The number of para-hydroxylation sites is 1. The average Bonchev–Trinajstić information content (AvgIpc) is 2.55. The molecule has 9 nitrogen and oxygen atoms in total. The Labute approximate surface area is 133 Å². The number of rotatable bonds is 6. The third kappa shape index (κ3) is 4.47. The highest BCUT2D eigenvalue weighted by Gasteiger charge is 2.25. The van der Waals surface area contributed by atoms with Gasteiger partial charge in [-0.05, 0) is 6.07 Å². The van der Waals surface area contributed by atoms with Crippen LogP contribution in [-0.4, -0.2) is 56.9 Å². The molecule has 0 spiro atoms. The normalized spacial score (nSPS) is 15.4. The predicted molar refractivity (Wildman–Crippen MR) is 82.4 cm³/mol. The highest BCUT2D eigenvalue weighted by atomic mass is 32.2. The smallest absolute Gasteiger partial charge is 0.289 e. The molecule has 1 aromatic rings. The highest BCUT2D eigenvalue weighted by Crippen LogP contribution is 2.22. The van der Waals surface area contributed by atoms with Gasteiger partial charge in [0.05, 0.1) is 4.92 Å². The molecule has 1 amide bonds. The van der Waals surface area contributed by atoms with Crippen molar-refractivity contribution in [2.45, 2.75) is 11.3 Å². The van der Waals surface area contributed by atoms with Crippen LogP contribution < -0.4 is 10.0 Å². The van der Waals surface area contributed by atoms with Crippen molar-refractivity contribution in [3.63, 3.8) is 0 Å². The summed E-state index contributed by atoms with van der Waals surface area (Å²) in [5.41, 5.74) is -0.492. The Morgan fingerprint density at radius 3 is 2.61 bits per heavy atom. The second-order valence-electron chi connectivity index (χ2n) is 5.00. The number of hydrogen-bond acceptors (Lipinski definition) is 6. The Balaban J connectivity index is 1.97. The molecule has 0 unspecified atom stereocenters. The summed E-state index contributed by atoms with van der Waals surface area (Å²) in [6, 6.07) is 5.09. The predicted octanol–water partition coefficient (Wildman–Crippen LogP) is -0.305. The number of sulfonamides is 1. The van der Waals surface area contributed by atoms with E-state index < -0.39 is 25.5 Å². The van der Waals surface area contributed by atoms with Gasteiger partial charge in [-0.2, -0.15) is 0 Å². The van der Waals surface area contributed by atoms with Crippen molar-refractivity contribution >= 4 is 21.6 Å². The molecule has 1 aliphatic heterocycles. The summed E-state index contributed by atoms with van der Waals surface area (Å²) in [7, 11) is -4.04. The fourth-order valence-corrected chi connectivity index (χ4v) is 3.48.